The number of hydrogen-bond acceptors (Lipinski definition) is 2. The van der Waals surface area contributed by atoms with Gasteiger partial charge in [-0.05, 0) is 28.9 Å². The maximum Gasteiger partial charge on any atom is 0.135 e. The molecule has 0 saturated heterocycles. The summed E-state index contributed by atoms with van der Waals surface area (Å²) in [6.45, 7) is 8.29. The summed E-state index contributed by atoms with van der Waals surface area (Å²) in [7, 11) is 0. The summed E-state index contributed by atoms with van der Waals surface area (Å²) in [6, 6.07) is 1.91. The highest BCUT2D eigenvalue weighted by molar-refractivity contribution is 9.10. The van der Waals surface area contributed by atoms with Crippen LogP contribution in [0.25, 0.3) is 0 Å². The largest absolute Gasteiger partial charge is 0.238 e. The molecule has 0 aliphatic rings. The minimum atomic E-state index is 0.0224. The van der Waals surface area contributed by atoms with Gasteiger partial charge in [-0.2, -0.15) is 0 Å². The van der Waals surface area contributed by atoms with E-state index in [1.807, 2.05) is 13.0 Å². The highest BCUT2D eigenvalue weighted by Gasteiger charge is 2.17. The average molecular weight is 229 g/mol. The van der Waals surface area contributed by atoms with Gasteiger partial charge in [-0.25, -0.2) is 9.97 Å². The third-order valence-corrected chi connectivity index (χ3v) is 1.90. The van der Waals surface area contributed by atoms with Gasteiger partial charge in [0.25, 0.3) is 0 Å². The van der Waals surface area contributed by atoms with Crippen molar-refractivity contribution in [2.75, 3.05) is 0 Å². The first-order chi connectivity index (χ1) is 5.39. The topological polar surface area (TPSA) is 25.8 Å². The van der Waals surface area contributed by atoms with E-state index in [2.05, 4.69) is 46.7 Å². The number of halogens is 1. The molecule has 0 unspecified atom stereocenters. The van der Waals surface area contributed by atoms with Gasteiger partial charge in [0.1, 0.15) is 10.4 Å². The van der Waals surface area contributed by atoms with Gasteiger partial charge in [-0.1, -0.05) is 20.8 Å². The Morgan fingerprint density at radius 2 is 1.83 bits per heavy atom. The average Bonchev–Trinajstić information content (AvgIpc) is 1.82. The molecule has 12 heavy (non-hydrogen) atoms. The SMILES string of the molecule is Cc1cc(Br)nc(C(C)(C)C)n1. The summed E-state index contributed by atoms with van der Waals surface area (Å²) >= 11 is 3.35. The Bertz CT molecular complexity index is 269. The summed E-state index contributed by atoms with van der Waals surface area (Å²) in [4.78, 5) is 8.68. The smallest absolute Gasteiger partial charge is 0.135 e. The van der Waals surface area contributed by atoms with Gasteiger partial charge in [-0.15, -0.1) is 0 Å². The highest BCUT2D eigenvalue weighted by Crippen LogP contribution is 2.20. The second-order valence-corrected chi connectivity index (χ2v) is 4.72. The zero-order chi connectivity index (χ0) is 9.35. The number of aromatic nitrogens is 2. The van der Waals surface area contributed by atoms with E-state index in [1.165, 1.54) is 0 Å². The molecule has 0 bridgehead atoms. The lowest BCUT2D eigenvalue weighted by molar-refractivity contribution is 0.541. The Balaban J connectivity index is 3.18. The van der Waals surface area contributed by atoms with E-state index in [4.69, 9.17) is 0 Å². The van der Waals surface area contributed by atoms with Crippen molar-refractivity contribution in [2.24, 2.45) is 0 Å². The van der Waals surface area contributed by atoms with Crippen molar-refractivity contribution in [3.8, 4) is 0 Å². The summed E-state index contributed by atoms with van der Waals surface area (Å²) in [6.07, 6.45) is 0. The monoisotopic (exact) mass is 228 g/mol. The number of aryl methyl sites for hydroxylation is 1. The fraction of sp³-hybridized carbons (Fsp3) is 0.556. The van der Waals surface area contributed by atoms with Crippen molar-refractivity contribution in [3.05, 3.63) is 22.2 Å². The second-order valence-electron chi connectivity index (χ2n) is 3.91. The van der Waals surface area contributed by atoms with Crippen molar-refractivity contribution in [3.63, 3.8) is 0 Å². The van der Waals surface area contributed by atoms with Crippen molar-refractivity contribution in [2.45, 2.75) is 33.1 Å². The van der Waals surface area contributed by atoms with Crippen LogP contribution in [0.1, 0.15) is 32.3 Å². The fourth-order valence-electron chi connectivity index (χ4n) is 0.866. The minimum Gasteiger partial charge on any atom is -0.238 e. The molecule has 0 saturated carbocycles. The molecule has 0 spiro atoms. The predicted molar refractivity (Wildman–Crippen MR) is 53.2 cm³/mol. The van der Waals surface area contributed by atoms with Crippen LogP contribution in [-0.2, 0) is 5.41 Å². The van der Waals surface area contributed by atoms with Crippen LogP contribution in [0.15, 0.2) is 10.7 Å². The molecule has 0 amide bonds. The quantitative estimate of drug-likeness (QED) is 0.639. The van der Waals surface area contributed by atoms with Gasteiger partial charge in [0, 0.05) is 11.1 Å². The molecule has 1 rings (SSSR count). The van der Waals surface area contributed by atoms with Crippen LogP contribution >= 0.6 is 15.9 Å². The first-order valence-electron chi connectivity index (χ1n) is 3.91. The van der Waals surface area contributed by atoms with Crippen molar-refractivity contribution < 1.29 is 0 Å². The Kier molecular flexibility index (Phi) is 2.52. The van der Waals surface area contributed by atoms with Gasteiger partial charge < -0.3 is 0 Å². The molecule has 0 aromatic carbocycles. The summed E-state index contributed by atoms with van der Waals surface area (Å²) < 4.78 is 0.861. The van der Waals surface area contributed by atoms with Crippen LogP contribution in [0, 0.1) is 6.92 Å². The molecular weight excluding hydrogens is 216 g/mol. The van der Waals surface area contributed by atoms with Crippen LogP contribution in [0.3, 0.4) is 0 Å². The van der Waals surface area contributed by atoms with Crippen LogP contribution in [0.2, 0.25) is 0 Å². The summed E-state index contributed by atoms with van der Waals surface area (Å²) in [5, 5.41) is 0. The van der Waals surface area contributed by atoms with E-state index in [1.54, 1.807) is 0 Å². The van der Waals surface area contributed by atoms with Crippen LogP contribution < -0.4 is 0 Å². The summed E-state index contributed by atoms with van der Waals surface area (Å²) in [5.74, 6) is 0.884. The molecule has 0 aliphatic carbocycles. The molecule has 3 heteroatoms. The van der Waals surface area contributed by atoms with Crippen molar-refractivity contribution >= 4 is 15.9 Å². The third kappa shape index (κ3) is 2.27. The zero-order valence-corrected chi connectivity index (χ0v) is 9.44. The highest BCUT2D eigenvalue weighted by atomic mass is 79.9. The second kappa shape index (κ2) is 3.13. The standard InChI is InChI=1S/C9H13BrN2/c1-6-5-7(10)12-8(11-6)9(2,3)4/h5H,1-4H3. The Morgan fingerprint density at radius 3 is 2.25 bits per heavy atom. The van der Waals surface area contributed by atoms with Gasteiger partial charge in [0.15, 0.2) is 0 Å². The normalized spacial score (nSPS) is 11.8. The number of hydrogen-bond donors (Lipinski definition) is 0. The van der Waals surface area contributed by atoms with Gasteiger partial charge in [0.05, 0.1) is 0 Å². The molecule has 1 heterocycles. The molecule has 1 aromatic rings. The van der Waals surface area contributed by atoms with E-state index in [-0.39, 0.29) is 5.41 Å². The number of nitrogens with zero attached hydrogens (tertiary/aromatic N) is 2. The first-order valence-corrected chi connectivity index (χ1v) is 4.70. The molecule has 1 aromatic heterocycles. The molecular formula is C9H13BrN2. The van der Waals surface area contributed by atoms with E-state index >= 15 is 0 Å². The van der Waals surface area contributed by atoms with Crippen LogP contribution in [0.4, 0.5) is 0 Å². The maximum absolute atomic E-state index is 4.36. The molecule has 0 N–H and O–H groups in total. The third-order valence-electron chi connectivity index (χ3n) is 1.49. The van der Waals surface area contributed by atoms with E-state index in [0.717, 1.165) is 16.1 Å². The van der Waals surface area contributed by atoms with E-state index in [9.17, 15) is 0 Å². The number of rotatable bonds is 0. The van der Waals surface area contributed by atoms with Crippen LogP contribution in [0.5, 0.6) is 0 Å². The lowest BCUT2D eigenvalue weighted by Gasteiger charge is -2.16. The Morgan fingerprint density at radius 1 is 1.25 bits per heavy atom. The van der Waals surface area contributed by atoms with Crippen molar-refractivity contribution in [1.29, 1.82) is 0 Å². The Hall–Kier alpha value is -0.440. The minimum absolute atomic E-state index is 0.0224. The van der Waals surface area contributed by atoms with Gasteiger partial charge >= 0.3 is 0 Å². The molecule has 0 atom stereocenters. The lowest BCUT2D eigenvalue weighted by atomic mass is 9.96. The first kappa shape index (κ1) is 9.65. The van der Waals surface area contributed by atoms with Gasteiger partial charge in [0.2, 0.25) is 0 Å². The molecule has 0 radical (unpaired) electrons. The van der Waals surface area contributed by atoms with Gasteiger partial charge in [-0.3, -0.25) is 0 Å². The van der Waals surface area contributed by atoms with E-state index < -0.39 is 0 Å². The summed E-state index contributed by atoms with van der Waals surface area (Å²) in [5.41, 5.74) is 1.02. The lowest BCUT2D eigenvalue weighted by Crippen LogP contribution is -2.16. The zero-order valence-electron chi connectivity index (χ0n) is 7.85. The molecule has 0 aliphatic heterocycles. The maximum atomic E-state index is 4.36. The molecule has 66 valence electrons. The van der Waals surface area contributed by atoms with Crippen LogP contribution in [-0.4, -0.2) is 9.97 Å². The fourth-order valence-corrected chi connectivity index (χ4v) is 1.36. The Labute approximate surface area is 81.6 Å². The van der Waals surface area contributed by atoms with Crippen molar-refractivity contribution in [1.82, 2.24) is 9.97 Å². The van der Waals surface area contributed by atoms with E-state index in [0.29, 0.717) is 0 Å². The molecule has 2 nitrogen and oxygen atoms in total. The molecule has 0 fully saturated rings. The predicted octanol–water partition coefficient (Wildman–Crippen LogP) is 2.85.